The molecule has 1 saturated heterocycles. The van der Waals surface area contributed by atoms with E-state index in [0.29, 0.717) is 19.3 Å². The number of morpholine rings is 1. The van der Waals surface area contributed by atoms with Gasteiger partial charge in [0.05, 0.1) is 24.3 Å². The molecule has 0 bridgehead atoms. The molecule has 10 heteroatoms. The van der Waals surface area contributed by atoms with E-state index in [2.05, 4.69) is 10.5 Å². The highest BCUT2D eigenvalue weighted by Gasteiger charge is 2.26. The van der Waals surface area contributed by atoms with Gasteiger partial charge in [0.25, 0.3) is 5.91 Å². The van der Waals surface area contributed by atoms with Crippen molar-refractivity contribution in [3.05, 3.63) is 65.2 Å². The minimum Gasteiger partial charge on any atom is -0.379 e. The van der Waals surface area contributed by atoms with Crippen LogP contribution in [0.3, 0.4) is 0 Å². The quantitative estimate of drug-likeness (QED) is 0.602. The molecule has 1 fully saturated rings. The Morgan fingerprint density at radius 1 is 1.14 bits per heavy atom. The Hall–Kier alpha value is -2.69. The number of halogens is 2. The number of nitrogens with zero attached hydrogens (tertiary/aromatic N) is 2. The number of hydrazone groups is 1. The van der Waals surface area contributed by atoms with Gasteiger partial charge in [-0.05, 0) is 30.3 Å². The van der Waals surface area contributed by atoms with Crippen molar-refractivity contribution in [1.29, 1.82) is 0 Å². The highest BCUT2D eigenvalue weighted by atomic mass is 32.2. The number of rotatable bonds is 5. The summed E-state index contributed by atoms with van der Waals surface area (Å²) in [6, 6.07) is 8.46. The summed E-state index contributed by atoms with van der Waals surface area (Å²) in [5.41, 5.74) is 2.26. The van der Waals surface area contributed by atoms with Crippen molar-refractivity contribution in [2.24, 2.45) is 5.10 Å². The topological polar surface area (TPSA) is 88.1 Å². The normalized spacial score (nSPS) is 15.6. The second kappa shape index (κ2) is 8.55. The number of hydrogen-bond donors (Lipinski definition) is 1. The molecule has 1 N–H and O–H groups in total. The zero-order valence-electron chi connectivity index (χ0n) is 14.6. The fourth-order valence-corrected chi connectivity index (χ4v) is 4.02. The molecule has 1 heterocycles. The molecule has 2 aromatic rings. The first-order valence-electron chi connectivity index (χ1n) is 8.34. The first-order chi connectivity index (χ1) is 13.4. The van der Waals surface area contributed by atoms with Crippen molar-refractivity contribution < 1.29 is 26.7 Å². The average Bonchev–Trinajstić information content (AvgIpc) is 2.70. The molecule has 1 amide bonds. The highest BCUT2D eigenvalue weighted by molar-refractivity contribution is 7.89. The molecule has 0 aliphatic carbocycles. The fourth-order valence-electron chi connectivity index (χ4n) is 2.57. The molecule has 0 unspecified atom stereocenters. The van der Waals surface area contributed by atoms with Gasteiger partial charge in [0.1, 0.15) is 11.6 Å². The predicted octanol–water partition coefficient (Wildman–Crippen LogP) is 1.75. The van der Waals surface area contributed by atoms with Crippen molar-refractivity contribution in [3.8, 4) is 0 Å². The third-order valence-corrected chi connectivity index (χ3v) is 5.93. The number of carbonyl (C=O) groups excluding carboxylic acids is 1. The molecule has 7 nitrogen and oxygen atoms in total. The number of hydrogen-bond acceptors (Lipinski definition) is 5. The van der Waals surface area contributed by atoms with Gasteiger partial charge >= 0.3 is 0 Å². The third kappa shape index (κ3) is 4.58. The van der Waals surface area contributed by atoms with E-state index >= 15 is 0 Å². The Kier molecular flexibility index (Phi) is 6.12. The molecule has 1 aliphatic heterocycles. The van der Waals surface area contributed by atoms with E-state index in [4.69, 9.17) is 4.74 Å². The van der Waals surface area contributed by atoms with E-state index in [1.807, 2.05) is 0 Å². The zero-order valence-corrected chi connectivity index (χ0v) is 15.5. The molecule has 0 atom stereocenters. The van der Waals surface area contributed by atoms with Gasteiger partial charge in [0.15, 0.2) is 0 Å². The van der Waals surface area contributed by atoms with Crippen LogP contribution in [-0.4, -0.2) is 51.1 Å². The minimum atomic E-state index is -3.74. The predicted molar refractivity (Wildman–Crippen MR) is 97.4 cm³/mol. The second-order valence-corrected chi connectivity index (χ2v) is 7.85. The second-order valence-electron chi connectivity index (χ2n) is 5.91. The summed E-state index contributed by atoms with van der Waals surface area (Å²) in [6.45, 7) is 1.11. The van der Waals surface area contributed by atoms with E-state index in [1.54, 1.807) is 0 Å². The molecule has 0 saturated carbocycles. The lowest BCUT2D eigenvalue weighted by Gasteiger charge is -2.26. The maximum Gasteiger partial charge on any atom is 0.271 e. The van der Waals surface area contributed by atoms with Crippen molar-refractivity contribution >= 4 is 22.1 Å². The summed E-state index contributed by atoms with van der Waals surface area (Å²) in [5.74, 6) is -2.22. The largest absolute Gasteiger partial charge is 0.379 e. The molecule has 0 radical (unpaired) electrons. The van der Waals surface area contributed by atoms with E-state index in [-0.39, 0.29) is 29.1 Å². The van der Waals surface area contributed by atoms with Crippen LogP contribution in [0, 0.1) is 11.6 Å². The molecule has 2 aromatic carbocycles. The molecular weight excluding hydrogens is 392 g/mol. The molecule has 1 aliphatic rings. The van der Waals surface area contributed by atoms with Crippen LogP contribution in [-0.2, 0) is 14.8 Å². The van der Waals surface area contributed by atoms with Gasteiger partial charge in [-0.15, -0.1) is 0 Å². The Morgan fingerprint density at radius 3 is 2.61 bits per heavy atom. The maximum absolute atomic E-state index is 13.5. The van der Waals surface area contributed by atoms with Crippen molar-refractivity contribution in [2.45, 2.75) is 4.90 Å². The van der Waals surface area contributed by atoms with Crippen LogP contribution in [0.2, 0.25) is 0 Å². The minimum absolute atomic E-state index is 0.00894. The number of amides is 1. The van der Waals surface area contributed by atoms with E-state index in [1.165, 1.54) is 34.6 Å². The number of ether oxygens (including phenoxy) is 1. The Morgan fingerprint density at radius 2 is 1.89 bits per heavy atom. The monoisotopic (exact) mass is 409 g/mol. The van der Waals surface area contributed by atoms with E-state index < -0.39 is 27.6 Å². The van der Waals surface area contributed by atoms with Crippen LogP contribution >= 0.6 is 0 Å². The van der Waals surface area contributed by atoms with Crippen LogP contribution < -0.4 is 5.43 Å². The number of carbonyl (C=O) groups is 1. The van der Waals surface area contributed by atoms with Crippen molar-refractivity contribution in [1.82, 2.24) is 9.73 Å². The summed E-state index contributed by atoms with van der Waals surface area (Å²) < 4.78 is 58.2. The lowest BCUT2D eigenvalue weighted by Crippen LogP contribution is -2.40. The molecule has 3 rings (SSSR count). The van der Waals surface area contributed by atoms with Gasteiger partial charge in [-0.1, -0.05) is 6.07 Å². The summed E-state index contributed by atoms with van der Waals surface area (Å²) >= 11 is 0. The van der Waals surface area contributed by atoms with Crippen LogP contribution in [0.5, 0.6) is 0 Å². The first-order valence-corrected chi connectivity index (χ1v) is 9.78. The number of sulfonamides is 1. The highest BCUT2D eigenvalue weighted by Crippen LogP contribution is 2.18. The average molecular weight is 409 g/mol. The Labute approximate surface area is 160 Å². The molecule has 28 heavy (non-hydrogen) atoms. The van der Waals surface area contributed by atoms with Gasteiger partial charge in [-0.25, -0.2) is 22.6 Å². The van der Waals surface area contributed by atoms with Crippen LogP contribution in [0.25, 0.3) is 0 Å². The summed E-state index contributed by atoms with van der Waals surface area (Å²) in [6.07, 6.45) is 1.03. The van der Waals surface area contributed by atoms with E-state index in [0.717, 1.165) is 12.3 Å². The molecular formula is C18H17F2N3O4S. The van der Waals surface area contributed by atoms with Gasteiger partial charge in [0.2, 0.25) is 10.0 Å². The van der Waals surface area contributed by atoms with Gasteiger partial charge in [-0.3, -0.25) is 4.79 Å². The van der Waals surface area contributed by atoms with Crippen LogP contribution in [0.15, 0.2) is 52.5 Å². The summed E-state index contributed by atoms with van der Waals surface area (Å²) in [7, 11) is -3.74. The maximum atomic E-state index is 13.5. The lowest BCUT2D eigenvalue weighted by molar-refractivity contribution is 0.0730. The standard InChI is InChI=1S/C18H17F2N3O4S/c19-15-5-4-14(17(20)11-15)12-21-22-18(24)13-2-1-3-16(10-13)28(25,26)23-6-8-27-9-7-23/h1-5,10-12H,6-9H2,(H,22,24)/b21-12+. The Balaban J connectivity index is 1.72. The third-order valence-electron chi connectivity index (χ3n) is 4.04. The zero-order chi connectivity index (χ0) is 20.1. The van der Waals surface area contributed by atoms with E-state index in [9.17, 15) is 22.0 Å². The Bertz CT molecular complexity index is 1010. The number of nitrogens with one attached hydrogen (secondary N) is 1. The van der Waals surface area contributed by atoms with Crippen molar-refractivity contribution in [3.63, 3.8) is 0 Å². The van der Waals surface area contributed by atoms with Gasteiger partial charge in [-0.2, -0.15) is 9.41 Å². The first kappa shape index (κ1) is 20.1. The number of benzene rings is 2. The van der Waals surface area contributed by atoms with Gasteiger partial charge in [0, 0.05) is 30.3 Å². The summed E-state index contributed by atoms with van der Waals surface area (Å²) in [5, 5.41) is 3.63. The van der Waals surface area contributed by atoms with Crippen LogP contribution in [0.4, 0.5) is 8.78 Å². The van der Waals surface area contributed by atoms with Crippen LogP contribution in [0.1, 0.15) is 15.9 Å². The fraction of sp³-hybridized carbons (Fsp3) is 0.222. The van der Waals surface area contributed by atoms with Gasteiger partial charge < -0.3 is 4.74 Å². The molecule has 0 spiro atoms. The SMILES string of the molecule is O=C(N/N=C/c1ccc(F)cc1F)c1cccc(S(=O)(=O)N2CCOCC2)c1. The summed E-state index contributed by atoms with van der Waals surface area (Å²) in [4.78, 5) is 12.2. The lowest BCUT2D eigenvalue weighted by atomic mass is 10.2. The smallest absolute Gasteiger partial charge is 0.271 e. The molecule has 0 aromatic heterocycles. The molecule has 148 valence electrons. The van der Waals surface area contributed by atoms with Crippen molar-refractivity contribution in [2.75, 3.05) is 26.3 Å².